The third-order valence-electron chi connectivity index (χ3n) is 4.16. The molecule has 114 valence electrons. The molecule has 0 unspecified atom stereocenters. The van der Waals surface area contributed by atoms with Gasteiger partial charge in [-0.1, -0.05) is 33.6 Å². The van der Waals surface area contributed by atoms with Crippen LogP contribution in [-0.4, -0.2) is 53.3 Å². The quantitative estimate of drug-likeness (QED) is 0.667. The van der Waals surface area contributed by atoms with Crippen LogP contribution in [0.25, 0.3) is 0 Å². The molecule has 1 rings (SSSR count). The predicted octanol–water partition coefficient (Wildman–Crippen LogP) is 3.57. The van der Waals surface area contributed by atoms with E-state index in [1.54, 1.807) is 0 Å². The minimum atomic E-state index is 0.644. The molecule has 3 heteroatoms. The van der Waals surface area contributed by atoms with Gasteiger partial charge < -0.3 is 0 Å². The van der Waals surface area contributed by atoms with Crippen molar-refractivity contribution in [2.75, 3.05) is 26.6 Å². The molecule has 0 radical (unpaired) electrons. The standard InChI is InChI=1S/C16H35N3/c1-6-9-16(10-7-2)19-13-17(11-8-3)12-18(14-19)15(4)5/h15-16H,6-14H2,1-5H3. The Hall–Kier alpha value is -0.120. The first kappa shape index (κ1) is 16.9. The van der Waals surface area contributed by atoms with Crippen LogP contribution in [0.15, 0.2) is 0 Å². The smallest absolute Gasteiger partial charge is 0.0535 e. The molecule has 0 N–H and O–H groups in total. The summed E-state index contributed by atoms with van der Waals surface area (Å²) in [6.45, 7) is 16.3. The van der Waals surface area contributed by atoms with Gasteiger partial charge in [0.2, 0.25) is 0 Å². The van der Waals surface area contributed by atoms with Gasteiger partial charge in [0.1, 0.15) is 0 Å². The van der Waals surface area contributed by atoms with E-state index < -0.39 is 0 Å². The van der Waals surface area contributed by atoms with Crippen LogP contribution in [0.3, 0.4) is 0 Å². The molecule has 3 nitrogen and oxygen atoms in total. The molecular formula is C16H35N3. The summed E-state index contributed by atoms with van der Waals surface area (Å²) in [6.07, 6.45) is 6.55. The fourth-order valence-corrected chi connectivity index (χ4v) is 3.07. The zero-order chi connectivity index (χ0) is 14.3. The molecule has 0 aromatic heterocycles. The van der Waals surface area contributed by atoms with Crippen molar-refractivity contribution in [3.63, 3.8) is 0 Å². The van der Waals surface area contributed by atoms with Crippen LogP contribution < -0.4 is 0 Å². The molecule has 0 spiro atoms. The Morgan fingerprint density at radius 3 is 1.84 bits per heavy atom. The van der Waals surface area contributed by atoms with E-state index in [-0.39, 0.29) is 0 Å². The van der Waals surface area contributed by atoms with Crippen molar-refractivity contribution in [3.8, 4) is 0 Å². The first-order valence-electron chi connectivity index (χ1n) is 8.32. The Morgan fingerprint density at radius 2 is 1.37 bits per heavy atom. The average Bonchev–Trinajstić information content (AvgIpc) is 2.38. The highest BCUT2D eigenvalue weighted by Crippen LogP contribution is 2.19. The maximum atomic E-state index is 2.71. The molecule has 1 heterocycles. The first-order valence-corrected chi connectivity index (χ1v) is 8.32. The lowest BCUT2D eigenvalue weighted by atomic mass is 10.1. The van der Waals surface area contributed by atoms with Crippen LogP contribution >= 0.6 is 0 Å². The van der Waals surface area contributed by atoms with Crippen LogP contribution in [0.1, 0.15) is 66.7 Å². The van der Waals surface area contributed by atoms with Gasteiger partial charge >= 0.3 is 0 Å². The summed E-state index contributed by atoms with van der Waals surface area (Å²) in [4.78, 5) is 7.94. The zero-order valence-electron chi connectivity index (χ0n) is 13.9. The minimum Gasteiger partial charge on any atom is -0.277 e. The van der Waals surface area contributed by atoms with Crippen molar-refractivity contribution in [2.24, 2.45) is 0 Å². The highest BCUT2D eigenvalue weighted by atomic mass is 15.5. The first-order chi connectivity index (χ1) is 9.12. The van der Waals surface area contributed by atoms with Crippen molar-refractivity contribution >= 4 is 0 Å². The Bertz CT molecular complexity index is 224. The summed E-state index contributed by atoms with van der Waals surface area (Å²) in [7, 11) is 0. The zero-order valence-corrected chi connectivity index (χ0v) is 13.9. The molecule has 0 aliphatic carbocycles. The summed E-state index contributed by atoms with van der Waals surface area (Å²) in [6, 6.07) is 1.42. The van der Waals surface area contributed by atoms with Crippen molar-refractivity contribution < 1.29 is 0 Å². The number of hydrogen-bond acceptors (Lipinski definition) is 3. The third kappa shape index (κ3) is 5.41. The molecule has 0 atom stereocenters. The van der Waals surface area contributed by atoms with Gasteiger partial charge in [0.15, 0.2) is 0 Å². The molecule has 0 amide bonds. The van der Waals surface area contributed by atoms with Crippen molar-refractivity contribution in [3.05, 3.63) is 0 Å². The molecule has 1 aliphatic heterocycles. The summed E-state index contributed by atoms with van der Waals surface area (Å²) in [5.74, 6) is 0. The number of hydrogen-bond donors (Lipinski definition) is 0. The Morgan fingerprint density at radius 1 is 0.789 bits per heavy atom. The molecule has 1 fully saturated rings. The average molecular weight is 269 g/mol. The lowest BCUT2D eigenvalue weighted by molar-refractivity contribution is -0.0662. The molecule has 0 aromatic carbocycles. The summed E-state index contributed by atoms with van der Waals surface area (Å²) >= 11 is 0. The van der Waals surface area contributed by atoms with Crippen molar-refractivity contribution in [1.29, 1.82) is 0 Å². The van der Waals surface area contributed by atoms with Crippen LogP contribution in [0.5, 0.6) is 0 Å². The van der Waals surface area contributed by atoms with E-state index in [4.69, 9.17) is 0 Å². The summed E-state index contributed by atoms with van der Waals surface area (Å²) < 4.78 is 0. The highest BCUT2D eigenvalue weighted by Gasteiger charge is 2.28. The molecule has 1 aliphatic rings. The largest absolute Gasteiger partial charge is 0.277 e. The van der Waals surface area contributed by atoms with Gasteiger partial charge in [-0.3, -0.25) is 14.7 Å². The van der Waals surface area contributed by atoms with Crippen LogP contribution in [0, 0.1) is 0 Å². The topological polar surface area (TPSA) is 9.72 Å². The minimum absolute atomic E-state index is 0.644. The van der Waals surface area contributed by atoms with Crippen LogP contribution in [0.4, 0.5) is 0 Å². The third-order valence-corrected chi connectivity index (χ3v) is 4.16. The van der Waals surface area contributed by atoms with E-state index >= 15 is 0 Å². The van der Waals surface area contributed by atoms with Gasteiger partial charge in [-0.25, -0.2) is 0 Å². The molecule has 19 heavy (non-hydrogen) atoms. The Balaban J connectivity index is 2.67. The molecule has 1 saturated heterocycles. The maximum absolute atomic E-state index is 2.71. The fraction of sp³-hybridized carbons (Fsp3) is 1.00. The van der Waals surface area contributed by atoms with Gasteiger partial charge in [-0.15, -0.1) is 0 Å². The van der Waals surface area contributed by atoms with Gasteiger partial charge in [-0.05, 0) is 33.1 Å². The van der Waals surface area contributed by atoms with Crippen LogP contribution in [0.2, 0.25) is 0 Å². The Labute approximate surface area is 120 Å². The predicted molar refractivity (Wildman–Crippen MR) is 84.0 cm³/mol. The molecule has 0 aromatic rings. The monoisotopic (exact) mass is 269 g/mol. The maximum Gasteiger partial charge on any atom is 0.0535 e. The second-order valence-corrected chi connectivity index (χ2v) is 6.32. The van der Waals surface area contributed by atoms with E-state index in [1.807, 2.05) is 0 Å². The van der Waals surface area contributed by atoms with Gasteiger partial charge in [0, 0.05) is 18.6 Å². The highest BCUT2D eigenvalue weighted by molar-refractivity contribution is 4.77. The van der Waals surface area contributed by atoms with Crippen molar-refractivity contribution in [2.45, 2.75) is 78.8 Å². The number of nitrogens with zero attached hydrogens (tertiary/aromatic N) is 3. The summed E-state index contributed by atoms with van der Waals surface area (Å²) in [5, 5.41) is 0. The second-order valence-electron chi connectivity index (χ2n) is 6.32. The van der Waals surface area contributed by atoms with Crippen molar-refractivity contribution in [1.82, 2.24) is 14.7 Å². The number of rotatable bonds is 8. The second kappa shape index (κ2) is 8.93. The van der Waals surface area contributed by atoms with E-state index in [0.717, 1.165) is 19.4 Å². The lowest BCUT2D eigenvalue weighted by Gasteiger charge is -2.47. The van der Waals surface area contributed by atoms with Gasteiger partial charge in [0.25, 0.3) is 0 Å². The molecular weight excluding hydrogens is 234 g/mol. The molecule has 0 bridgehead atoms. The fourth-order valence-electron chi connectivity index (χ4n) is 3.07. The van der Waals surface area contributed by atoms with E-state index in [0.29, 0.717) is 6.04 Å². The van der Waals surface area contributed by atoms with E-state index in [1.165, 1.54) is 45.3 Å². The molecule has 0 saturated carbocycles. The van der Waals surface area contributed by atoms with Gasteiger partial charge in [-0.2, -0.15) is 0 Å². The summed E-state index contributed by atoms with van der Waals surface area (Å²) in [5.41, 5.74) is 0. The SMILES string of the molecule is CCCC(CCC)N1CN(CCC)CN(C(C)C)C1. The van der Waals surface area contributed by atoms with Gasteiger partial charge in [0.05, 0.1) is 20.0 Å². The van der Waals surface area contributed by atoms with E-state index in [2.05, 4.69) is 49.3 Å². The Kier molecular flexibility index (Phi) is 7.96. The normalized spacial score (nSPS) is 19.7. The lowest BCUT2D eigenvalue weighted by Crippen LogP contribution is -2.59. The van der Waals surface area contributed by atoms with Crippen LogP contribution in [-0.2, 0) is 0 Å². The van der Waals surface area contributed by atoms with E-state index in [9.17, 15) is 0 Å².